The maximum Gasteiger partial charge on any atom is 0.384 e. The van der Waals surface area contributed by atoms with Crippen molar-refractivity contribution in [1.82, 2.24) is 0 Å². The Balaban J connectivity index is 2.89. The minimum atomic E-state index is -0.701. The molecule has 0 amide bonds. The maximum absolute atomic E-state index is 13.4. The number of methoxy groups -OCH3 is 1. The molecule has 0 aliphatic heterocycles. The molecule has 0 unspecified atom stereocenters. The van der Waals surface area contributed by atoms with Gasteiger partial charge in [-0.05, 0) is 19.1 Å². The second kappa shape index (κ2) is 5.76. The van der Waals surface area contributed by atoms with Crippen LogP contribution in [0.3, 0.4) is 0 Å². The number of hydrogen-bond acceptors (Lipinski definition) is 3. The van der Waals surface area contributed by atoms with Gasteiger partial charge in [-0.25, -0.2) is 9.18 Å². The van der Waals surface area contributed by atoms with E-state index in [-0.39, 0.29) is 5.56 Å². The minimum absolute atomic E-state index is 0.133. The molecule has 0 saturated carbocycles. The van der Waals surface area contributed by atoms with Crippen LogP contribution in [0.15, 0.2) is 18.2 Å². The Labute approximate surface area is 93.2 Å². The summed E-state index contributed by atoms with van der Waals surface area (Å²) < 4.78 is 22.8. The number of ether oxygens (including phenoxy) is 2. The highest BCUT2D eigenvalue weighted by molar-refractivity contribution is 5.89. The molecule has 1 aromatic carbocycles. The summed E-state index contributed by atoms with van der Waals surface area (Å²) in [4.78, 5) is 10.7. The number of halogens is 1. The lowest BCUT2D eigenvalue weighted by molar-refractivity contribution is -0.133. The van der Waals surface area contributed by atoms with Gasteiger partial charge in [-0.1, -0.05) is 5.92 Å². The summed E-state index contributed by atoms with van der Waals surface area (Å²) in [6, 6.07) is 4.27. The summed E-state index contributed by atoms with van der Waals surface area (Å²) in [5.74, 6) is 3.73. The molecule has 84 valence electrons. The van der Waals surface area contributed by atoms with Gasteiger partial charge in [-0.2, -0.15) is 0 Å². The van der Waals surface area contributed by atoms with Crippen LogP contribution in [0.5, 0.6) is 5.75 Å². The average molecular weight is 222 g/mol. The Hall–Kier alpha value is -2.02. The Bertz CT molecular complexity index is 443. The van der Waals surface area contributed by atoms with E-state index in [2.05, 4.69) is 16.6 Å². The maximum atomic E-state index is 13.4. The van der Waals surface area contributed by atoms with Crippen LogP contribution in [0.1, 0.15) is 12.5 Å². The Kier molecular flexibility index (Phi) is 4.34. The molecule has 0 bridgehead atoms. The number of benzene rings is 1. The Morgan fingerprint density at radius 2 is 2.25 bits per heavy atom. The van der Waals surface area contributed by atoms with Crippen LogP contribution < -0.4 is 4.74 Å². The predicted octanol–water partition coefficient (Wildman–Crippen LogP) is 1.75. The van der Waals surface area contributed by atoms with Gasteiger partial charge in [-0.15, -0.1) is 0 Å². The molecule has 0 spiro atoms. The SMILES string of the molecule is CCOc1ccc(C#CC(=O)OC)c(F)c1. The fourth-order valence-electron chi connectivity index (χ4n) is 1.02. The zero-order chi connectivity index (χ0) is 12.0. The highest BCUT2D eigenvalue weighted by Crippen LogP contribution is 2.15. The highest BCUT2D eigenvalue weighted by atomic mass is 19.1. The molecule has 0 aromatic heterocycles. The summed E-state index contributed by atoms with van der Waals surface area (Å²) in [6.45, 7) is 2.27. The van der Waals surface area contributed by atoms with Gasteiger partial charge in [0.15, 0.2) is 0 Å². The van der Waals surface area contributed by atoms with E-state index in [9.17, 15) is 9.18 Å². The zero-order valence-electron chi connectivity index (χ0n) is 9.04. The molecule has 1 aromatic rings. The molecule has 0 N–H and O–H groups in total. The standard InChI is InChI=1S/C12H11FO3/c1-3-16-10-6-4-9(11(13)8-10)5-7-12(14)15-2/h4,6,8H,3H2,1-2H3. The molecule has 1 rings (SSSR count). The first-order valence-corrected chi connectivity index (χ1v) is 4.69. The van der Waals surface area contributed by atoms with Gasteiger partial charge >= 0.3 is 5.97 Å². The number of esters is 1. The predicted molar refractivity (Wildman–Crippen MR) is 56.5 cm³/mol. The fourth-order valence-corrected chi connectivity index (χ4v) is 1.02. The van der Waals surface area contributed by atoms with E-state index in [1.807, 2.05) is 6.92 Å². The second-order valence-electron chi connectivity index (χ2n) is 2.82. The van der Waals surface area contributed by atoms with Crippen molar-refractivity contribution < 1.29 is 18.7 Å². The third-order valence-corrected chi connectivity index (χ3v) is 1.74. The Morgan fingerprint density at radius 1 is 1.50 bits per heavy atom. The lowest BCUT2D eigenvalue weighted by atomic mass is 10.2. The number of carbonyl (C=O) groups is 1. The van der Waals surface area contributed by atoms with Crippen LogP contribution >= 0.6 is 0 Å². The van der Waals surface area contributed by atoms with Gasteiger partial charge in [0.25, 0.3) is 0 Å². The lowest BCUT2D eigenvalue weighted by Crippen LogP contribution is -1.96. The van der Waals surface area contributed by atoms with Gasteiger partial charge in [0, 0.05) is 12.0 Å². The zero-order valence-corrected chi connectivity index (χ0v) is 9.04. The van der Waals surface area contributed by atoms with Gasteiger partial charge < -0.3 is 9.47 Å². The smallest absolute Gasteiger partial charge is 0.384 e. The molecule has 16 heavy (non-hydrogen) atoms. The third kappa shape index (κ3) is 3.28. The van der Waals surface area contributed by atoms with Crippen LogP contribution in [0.4, 0.5) is 4.39 Å². The van der Waals surface area contributed by atoms with Crippen molar-refractivity contribution in [2.75, 3.05) is 13.7 Å². The lowest BCUT2D eigenvalue weighted by Gasteiger charge is -2.02. The minimum Gasteiger partial charge on any atom is -0.494 e. The van der Waals surface area contributed by atoms with Crippen LogP contribution in [0.2, 0.25) is 0 Å². The van der Waals surface area contributed by atoms with Gasteiger partial charge in [0.1, 0.15) is 11.6 Å². The molecule has 0 aliphatic rings. The normalized spacial score (nSPS) is 8.94. The molecular formula is C12H11FO3. The van der Waals surface area contributed by atoms with E-state index >= 15 is 0 Å². The first-order valence-electron chi connectivity index (χ1n) is 4.69. The van der Waals surface area contributed by atoms with Crippen molar-refractivity contribution in [1.29, 1.82) is 0 Å². The first kappa shape index (κ1) is 12.1. The van der Waals surface area contributed by atoms with E-state index in [1.54, 1.807) is 6.07 Å². The van der Waals surface area contributed by atoms with E-state index in [4.69, 9.17) is 4.74 Å². The summed E-state index contributed by atoms with van der Waals surface area (Å²) in [5.41, 5.74) is 0.133. The van der Waals surface area contributed by atoms with Gasteiger partial charge in [0.05, 0.1) is 19.3 Å². The summed E-state index contributed by atoms with van der Waals surface area (Å²) >= 11 is 0. The monoisotopic (exact) mass is 222 g/mol. The van der Waals surface area contributed by atoms with Crippen molar-refractivity contribution in [3.8, 4) is 17.6 Å². The van der Waals surface area contributed by atoms with Crippen molar-refractivity contribution >= 4 is 5.97 Å². The van der Waals surface area contributed by atoms with Crippen molar-refractivity contribution in [3.63, 3.8) is 0 Å². The molecule has 0 radical (unpaired) electrons. The van der Waals surface area contributed by atoms with Gasteiger partial charge in [0.2, 0.25) is 0 Å². The van der Waals surface area contributed by atoms with Gasteiger partial charge in [-0.3, -0.25) is 0 Å². The average Bonchev–Trinajstić information content (AvgIpc) is 2.28. The molecule has 0 fully saturated rings. The number of carbonyl (C=O) groups excluding carboxylic acids is 1. The first-order chi connectivity index (χ1) is 7.67. The quantitative estimate of drug-likeness (QED) is 0.565. The van der Waals surface area contributed by atoms with E-state index < -0.39 is 11.8 Å². The summed E-state index contributed by atoms with van der Waals surface area (Å²) in [5, 5.41) is 0. The summed E-state index contributed by atoms with van der Waals surface area (Å²) in [7, 11) is 1.21. The highest BCUT2D eigenvalue weighted by Gasteiger charge is 2.02. The largest absolute Gasteiger partial charge is 0.494 e. The van der Waals surface area contributed by atoms with E-state index in [0.717, 1.165) is 0 Å². The van der Waals surface area contributed by atoms with Crippen LogP contribution in [-0.4, -0.2) is 19.7 Å². The fraction of sp³-hybridized carbons (Fsp3) is 0.250. The van der Waals surface area contributed by atoms with Crippen LogP contribution in [0.25, 0.3) is 0 Å². The molecular weight excluding hydrogens is 211 g/mol. The van der Waals surface area contributed by atoms with Crippen molar-refractivity contribution in [2.24, 2.45) is 0 Å². The number of hydrogen-bond donors (Lipinski definition) is 0. The van der Waals surface area contributed by atoms with Crippen LogP contribution in [-0.2, 0) is 9.53 Å². The van der Waals surface area contributed by atoms with Crippen LogP contribution in [0, 0.1) is 17.7 Å². The second-order valence-corrected chi connectivity index (χ2v) is 2.82. The molecule has 0 aliphatic carbocycles. The molecule has 0 heterocycles. The van der Waals surface area contributed by atoms with Crippen molar-refractivity contribution in [3.05, 3.63) is 29.6 Å². The van der Waals surface area contributed by atoms with E-state index in [0.29, 0.717) is 12.4 Å². The van der Waals surface area contributed by atoms with E-state index in [1.165, 1.54) is 19.2 Å². The molecule has 3 nitrogen and oxygen atoms in total. The molecule has 4 heteroatoms. The molecule has 0 atom stereocenters. The van der Waals surface area contributed by atoms with Crippen molar-refractivity contribution in [2.45, 2.75) is 6.92 Å². The summed E-state index contributed by atoms with van der Waals surface area (Å²) in [6.07, 6.45) is 0. The molecule has 0 saturated heterocycles. The third-order valence-electron chi connectivity index (χ3n) is 1.74. The number of rotatable bonds is 2. The Morgan fingerprint density at radius 3 is 2.81 bits per heavy atom. The topological polar surface area (TPSA) is 35.5 Å².